The van der Waals surface area contributed by atoms with Gasteiger partial charge < -0.3 is 5.32 Å². The first kappa shape index (κ1) is 19.9. The molecule has 0 unspecified atom stereocenters. The number of carbonyl (C=O) groups is 1. The van der Waals surface area contributed by atoms with Crippen molar-refractivity contribution in [2.75, 3.05) is 0 Å². The molecule has 0 atom stereocenters. The molecule has 0 fully saturated rings. The van der Waals surface area contributed by atoms with Crippen molar-refractivity contribution in [2.45, 2.75) is 20.4 Å². The Morgan fingerprint density at radius 1 is 0.933 bits per heavy atom. The smallest absolute Gasteiger partial charge is 0.270 e. The molecule has 0 aliphatic rings. The van der Waals surface area contributed by atoms with Gasteiger partial charge in [0.2, 0.25) is 0 Å². The van der Waals surface area contributed by atoms with Crippen molar-refractivity contribution in [3.63, 3.8) is 0 Å². The Balaban J connectivity index is 1.52. The number of hydrogen-bond acceptors (Lipinski definition) is 2. The van der Waals surface area contributed by atoms with Crippen LogP contribution in [0.15, 0.2) is 79.3 Å². The molecule has 1 amide bonds. The van der Waals surface area contributed by atoms with Gasteiger partial charge in [0.1, 0.15) is 5.69 Å². The normalized spacial score (nSPS) is 10.8. The molecule has 0 spiro atoms. The number of benzene rings is 3. The Morgan fingerprint density at radius 2 is 1.60 bits per heavy atom. The minimum atomic E-state index is -0.180. The molecular weight excluding hydrogens is 394 g/mol. The Bertz CT molecular complexity index is 1160. The predicted octanol–water partition coefficient (Wildman–Crippen LogP) is 5.74. The third-order valence-electron chi connectivity index (χ3n) is 4.94. The Labute approximate surface area is 181 Å². The van der Waals surface area contributed by atoms with E-state index in [1.807, 2.05) is 36.4 Å². The summed E-state index contributed by atoms with van der Waals surface area (Å²) in [6, 6.07) is 22.1. The van der Waals surface area contributed by atoms with Gasteiger partial charge in [0.25, 0.3) is 5.91 Å². The molecular formula is C25H22ClN3O. The van der Waals surface area contributed by atoms with E-state index >= 15 is 0 Å². The summed E-state index contributed by atoms with van der Waals surface area (Å²) in [5.41, 5.74) is 7.16. The molecule has 0 aliphatic carbocycles. The van der Waals surface area contributed by atoms with Crippen molar-refractivity contribution in [2.24, 2.45) is 0 Å². The lowest BCUT2D eigenvalue weighted by atomic mass is 10.0. The molecule has 4 aromatic rings. The van der Waals surface area contributed by atoms with Gasteiger partial charge in [0.05, 0.1) is 12.5 Å². The van der Waals surface area contributed by atoms with Crippen LogP contribution in [0, 0.1) is 13.8 Å². The van der Waals surface area contributed by atoms with E-state index in [1.54, 1.807) is 17.1 Å². The van der Waals surface area contributed by atoms with Crippen molar-refractivity contribution in [1.29, 1.82) is 0 Å². The lowest BCUT2D eigenvalue weighted by Crippen LogP contribution is -2.25. The van der Waals surface area contributed by atoms with Crippen LogP contribution >= 0.6 is 11.6 Å². The highest BCUT2D eigenvalue weighted by molar-refractivity contribution is 6.30. The lowest BCUT2D eigenvalue weighted by Gasteiger charge is -2.11. The van der Waals surface area contributed by atoms with E-state index in [4.69, 9.17) is 11.6 Å². The fourth-order valence-corrected chi connectivity index (χ4v) is 3.63. The molecule has 4 rings (SSSR count). The number of aromatic nitrogens is 2. The topological polar surface area (TPSA) is 46.9 Å². The van der Waals surface area contributed by atoms with Gasteiger partial charge in [-0.25, -0.2) is 4.98 Å². The highest BCUT2D eigenvalue weighted by atomic mass is 35.5. The molecule has 30 heavy (non-hydrogen) atoms. The number of nitrogens with zero attached hydrogens (tertiary/aromatic N) is 2. The van der Waals surface area contributed by atoms with E-state index in [0.717, 1.165) is 16.8 Å². The Kier molecular flexibility index (Phi) is 5.68. The first-order valence-electron chi connectivity index (χ1n) is 9.74. The van der Waals surface area contributed by atoms with Crippen LogP contribution in [0.4, 0.5) is 0 Å². The molecule has 0 bridgehead atoms. The van der Waals surface area contributed by atoms with Gasteiger partial charge in [-0.1, -0.05) is 65.2 Å². The van der Waals surface area contributed by atoms with Gasteiger partial charge in [-0.05, 0) is 54.8 Å². The second-order valence-corrected chi connectivity index (χ2v) is 7.82. The van der Waals surface area contributed by atoms with Gasteiger partial charge in [0.15, 0.2) is 0 Å². The molecule has 1 N–H and O–H groups in total. The molecule has 4 nitrogen and oxygen atoms in total. The molecule has 0 saturated carbocycles. The minimum Gasteiger partial charge on any atom is -0.347 e. The third kappa shape index (κ3) is 4.44. The number of nitrogens with one attached hydrogen (secondary N) is 1. The van der Waals surface area contributed by atoms with E-state index in [1.165, 1.54) is 16.7 Å². The molecule has 150 valence electrons. The van der Waals surface area contributed by atoms with Crippen LogP contribution in [0.1, 0.15) is 27.2 Å². The standard InChI is InChI=1S/C25H22ClN3O/c1-17-11-18(2)13-21(12-17)20-5-9-23(10-6-20)29-16-27-15-24(29)25(30)28-14-19-3-7-22(26)8-4-19/h3-13,15-16H,14H2,1-2H3,(H,28,30). The van der Waals surface area contributed by atoms with Crippen LogP contribution in [-0.2, 0) is 6.54 Å². The van der Waals surface area contributed by atoms with Crippen molar-refractivity contribution < 1.29 is 4.79 Å². The van der Waals surface area contributed by atoms with Crippen molar-refractivity contribution in [3.8, 4) is 16.8 Å². The van der Waals surface area contributed by atoms with Crippen molar-refractivity contribution in [3.05, 3.63) is 107 Å². The SMILES string of the molecule is Cc1cc(C)cc(-c2ccc(-n3cncc3C(=O)NCc3ccc(Cl)cc3)cc2)c1. The Morgan fingerprint density at radius 3 is 2.27 bits per heavy atom. The summed E-state index contributed by atoms with van der Waals surface area (Å²) in [4.78, 5) is 16.9. The highest BCUT2D eigenvalue weighted by Crippen LogP contribution is 2.24. The Hall–Kier alpha value is -3.37. The number of halogens is 1. The summed E-state index contributed by atoms with van der Waals surface area (Å²) >= 11 is 5.91. The first-order valence-corrected chi connectivity index (χ1v) is 10.1. The van der Waals surface area contributed by atoms with Crippen LogP contribution in [-0.4, -0.2) is 15.5 Å². The maximum atomic E-state index is 12.7. The van der Waals surface area contributed by atoms with Gasteiger partial charge in [-0.3, -0.25) is 9.36 Å². The molecule has 0 aliphatic heterocycles. The largest absolute Gasteiger partial charge is 0.347 e. The second kappa shape index (κ2) is 8.56. The van der Waals surface area contributed by atoms with Crippen LogP contribution in [0.3, 0.4) is 0 Å². The van der Waals surface area contributed by atoms with E-state index in [0.29, 0.717) is 17.3 Å². The summed E-state index contributed by atoms with van der Waals surface area (Å²) in [6.07, 6.45) is 3.23. The summed E-state index contributed by atoms with van der Waals surface area (Å²) in [7, 11) is 0. The van der Waals surface area contributed by atoms with Gasteiger partial charge in [0, 0.05) is 17.3 Å². The third-order valence-corrected chi connectivity index (χ3v) is 5.19. The van der Waals surface area contributed by atoms with Crippen LogP contribution in [0.2, 0.25) is 5.02 Å². The monoisotopic (exact) mass is 415 g/mol. The zero-order chi connectivity index (χ0) is 21.1. The quantitative estimate of drug-likeness (QED) is 0.451. The van der Waals surface area contributed by atoms with Crippen molar-refractivity contribution >= 4 is 17.5 Å². The number of imidazole rings is 1. The van der Waals surface area contributed by atoms with Gasteiger partial charge in [-0.2, -0.15) is 0 Å². The fourth-order valence-electron chi connectivity index (χ4n) is 3.50. The van der Waals surface area contributed by atoms with E-state index in [9.17, 15) is 4.79 Å². The van der Waals surface area contributed by atoms with E-state index < -0.39 is 0 Å². The summed E-state index contributed by atoms with van der Waals surface area (Å²) in [5.74, 6) is -0.180. The fraction of sp³-hybridized carbons (Fsp3) is 0.120. The summed E-state index contributed by atoms with van der Waals surface area (Å²) in [6.45, 7) is 4.63. The van der Waals surface area contributed by atoms with Crippen molar-refractivity contribution in [1.82, 2.24) is 14.9 Å². The zero-order valence-corrected chi connectivity index (χ0v) is 17.6. The second-order valence-electron chi connectivity index (χ2n) is 7.38. The van der Waals surface area contributed by atoms with E-state index in [2.05, 4.69) is 54.5 Å². The summed E-state index contributed by atoms with van der Waals surface area (Å²) in [5, 5.41) is 3.61. The van der Waals surface area contributed by atoms with Gasteiger partial charge >= 0.3 is 0 Å². The predicted molar refractivity (Wildman–Crippen MR) is 121 cm³/mol. The average molecular weight is 416 g/mol. The van der Waals surface area contributed by atoms with Crippen LogP contribution in [0.25, 0.3) is 16.8 Å². The van der Waals surface area contributed by atoms with Gasteiger partial charge in [-0.15, -0.1) is 0 Å². The molecule has 0 radical (unpaired) electrons. The van der Waals surface area contributed by atoms with E-state index in [-0.39, 0.29) is 5.91 Å². The summed E-state index contributed by atoms with van der Waals surface area (Å²) < 4.78 is 1.79. The lowest BCUT2D eigenvalue weighted by molar-refractivity contribution is 0.0944. The molecule has 1 heterocycles. The minimum absolute atomic E-state index is 0.180. The molecule has 0 saturated heterocycles. The maximum Gasteiger partial charge on any atom is 0.270 e. The van der Waals surface area contributed by atoms with Crippen LogP contribution < -0.4 is 5.32 Å². The van der Waals surface area contributed by atoms with Crippen LogP contribution in [0.5, 0.6) is 0 Å². The molecule has 1 aromatic heterocycles. The molecule has 5 heteroatoms. The average Bonchev–Trinajstić information content (AvgIpc) is 3.22. The number of hydrogen-bond donors (Lipinski definition) is 1. The number of amides is 1. The first-order chi connectivity index (χ1) is 14.5. The highest BCUT2D eigenvalue weighted by Gasteiger charge is 2.13. The molecule has 3 aromatic carbocycles. The zero-order valence-electron chi connectivity index (χ0n) is 16.9. The number of aryl methyl sites for hydroxylation is 2. The number of carbonyl (C=O) groups excluding carboxylic acids is 1. The maximum absolute atomic E-state index is 12.7. The number of rotatable bonds is 5.